The summed E-state index contributed by atoms with van der Waals surface area (Å²) in [6.07, 6.45) is 43.2. The highest BCUT2D eigenvalue weighted by molar-refractivity contribution is 5.94. The minimum atomic E-state index is -1.57. The van der Waals surface area contributed by atoms with E-state index in [9.17, 15) is 47.9 Å². The number of rotatable bonds is 71. The maximum Gasteiger partial charge on any atom is 0.311 e. The molecule has 0 fully saturated rings. The molecule has 0 saturated carbocycles. The molecule has 0 bridgehead atoms. The first-order valence-electron chi connectivity index (χ1n) is 46.2. The maximum atomic E-state index is 14.5. The van der Waals surface area contributed by atoms with Gasteiger partial charge in [-0.05, 0) is 140 Å². The second-order valence-corrected chi connectivity index (χ2v) is 31.8. The third-order valence-corrected chi connectivity index (χ3v) is 21.0. The van der Waals surface area contributed by atoms with Crippen molar-refractivity contribution in [2.75, 3.05) is 28.4 Å². The predicted molar refractivity (Wildman–Crippen MR) is 496 cm³/mol. The fraction of sp³-hybridized carbons (Fsp3) is 0.594. The van der Waals surface area contributed by atoms with Crippen LogP contribution >= 0.6 is 0 Å². The van der Waals surface area contributed by atoms with Crippen LogP contribution in [0.3, 0.4) is 0 Å². The predicted octanol–water partition coefficient (Wildman–Crippen LogP) is 16.9. The van der Waals surface area contributed by atoms with Crippen molar-refractivity contribution in [2.45, 2.75) is 341 Å². The second-order valence-electron chi connectivity index (χ2n) is 31.8. The van der Waals surface area contributed by atoms with Crippen LogP contribution in [0.4, 0.5) is 0 Å². The number of benzene rings is 4. The number of esters is 4. The van der Waals surface area contributed by atoms with E-state index in [1.54, 1.807) is 54.6 Å². The van der Waals surface area contributed by atoms with Gasteiger partial charge in [-0.3, -0.25) is 47.9 Å². The number of hydrogen-bond donors (Lipinski definition) is 8. The van der Waals surface area contributed by atoms with Crippen LogP contribution < -0.4 is 81.7 Å². The van der Waals surface area contributed by atoms with E-state index in [0.717, 1.165) is 77.0 Å². The molecule has 0 unspecified atom stereocenters. The SMILES string of the molecule is CCCCCCCCCCCC(=O)Oc1ccc(/C=N/NC(=O)CC[C@H](NC(=O)CC[C@H](N=C(N)N)C(=O)N[C@@H](CCC(=O)N/N=C/c2ccc(OC(=O)CCCCCCCCCCC)c(OC)c2)C(=O)N/N=C/c2ccc(OC(=O)CCCCCCCCCCC)c(OC)c2)C(=O)N/N=C/c2ccc(OC(=O)CCCCCCCCCCC)c(OC)c2)cc1OC. The minimum Gasteiger partial charge on any atom is -0.493 e. The van der Waals surface area contributed by atoms with Gasteiger partial charge in [0.1, 0.15) is 18.1 Å². The van der Waals surface area contributed by atoms with Gasteiger partial charge in [-0.2, -0.15) is 20.4 Å². The minimum absolute atomic E-state index is 0.177. The molecule has 10 N–H and O–H groups in total. The molecular weight excluding hydrogens is 1620 g/mol. The normalized spacial score (nSPS) is 12.0. The van der Waals surface area contributed by atoms with E-state index in [0.29, 0.717) is 47.9 Å². The third kappa shape index (κ3) is 49.4. The first-order valence-corrected chi connectivity index (χ1v) is 46.2. The summed E-state index contributed by atoms with van der Waals surface area (Å²) in [4.78, 5) is 139. The zero-order chi connectivity index (χ0) is 92.3. The highest BCUT2D eigenvalue weighted by Crippen LogP contribution is 2.33. The van der Waals surface area contributed by atoms with Crippen molar-refractivity contribution < 1.29 is 85.8 Å². The molecule has 702 valence electrons. The molecule has 31 nitrogen and oxygen atoms in total. The number of nitrogens with two attached hydrogens (primary N) is 2. The number of amides is 6. The number of carbonyl (C=O) groups excluding carboxylic acids is 10. The molecule has 0 aliphatic heterocycles. The summed E-state index contributed by atoms with van der Waals surface area (Å²) < 4.78 is 44.7. The standard InChI is InChI=1S/C96H145N13O18/c1-9-13-17-21-25-29-33-37-41-45-89(113)124-78-56-49-71(63-82(78)120-5)67-99-106-87(111)61-54-76(94(118)108-101-69-73-51-58-80(84(65-73)122-7)126-91(115)47-43-39-35-31-27-23-19-15-11-3)103-86(110)60-53-75(105-96(97)98)93(117)104-77(95(119)109-102-70-74-52-59-81(85(66-74)123-8)127-92(116)48-44-40-36-32-28-24-20-16-12-4)55-62-88(112)107-100-68-72-50-57-79(83(64-72)121-6)125-90(114)46-42-38-34-30-26-22-18-14-10-2/h49-52,56-59,63-70,75-77H,9-48,53-55,60-62H2,1-8H3,(H,103,110)(H,104,117)(H,106,111)(H,107,112)(H,108,118)(H,109,119)(H4,97,98,105)/b99-67+,100-68+,101-69+,102-70+/t75-,76-,77-/m0/s1. The van der Waals surface area contributed by atoms with Crippen LogP contribution in [-0.2, 0) is 47.9 Å². The highest BCUT2D eigenvalue weighted by atomic mass is 16.6. The Morgan fingerprint density at radius 3 is 0.795 bits per heavy atom. The monoisotopic (exact) mass is 1770 g/mol. The summed E-state index contributed by atoms with van der Waals surface area (Å²) in [6, 6.07) is 14.2. The lowest BCUT2D eigenvalue weighted by Crippen LogP contribution is -2.49. The molecule has 3 atom stereocenters. The summed E-state index contributed by atoms with van der Waals surface area (Å²) in [6.45, 7) is 8.76. The summed E-state index contributed by atoms with van der Waals surface area (Å²) in [5, 5.41) is 21.6. The molecule has 4 rings (SSSR count). The smallest absolute Gasteiger partial charge is 0.311 e. The summed E-state index contributed by atoms with van der Waals surface area (Å²) >= 11 is 0. The zero-order valence-corrected chi connectivity index (χ0v) is 76.7. The Balaban J connectivity index is 1.53. The van der Waals surface area contributed by atoms with Crippen molar-refractivity contribution in [3.05, 3.63) is 95.1 Å². The van der Waals surface area contributed by atoms with Gasteiger partial charge < -0.3 is 60.0 Å². The average Bonchev–Trinajstić information content (AvgIpc) is 0.873. The van der Waals surface area contributed by atoms with Gasteiger partial charge in [-0.1, -0.05) is 233 Å². The van der Waals surface area contributed by atoms with Crippen LogP contribution in [0.25, 0.3) is 0 Å². The topological polar surface area (TPSA) is 431 Å². The van der Waals surface area contributed by atoms with Crippen molar-refractivity contribution in [2.24, 2.45) is 36.9 Å². The molecule has 4 aromatic rings. The molecule has 127 heavy (non-hydrogen) atoms. The number of methoxy groups -OCH3 is 4. The molecule has 6 amide bonds. The Morgan fingerprint density at radius 1 is 0.291 bits per heavy atom. The molecule has 0 radical (unpaired) electrons. The van der Waals surface area contributed by atoms with Crippen LogP contribution in [0, 0.1) is 0 Å². The van der Waals surface area contributed by atoms with E-state index < -0.39 is 103 Å². The van der Waals surface area contributed by atoms with Crippen LogP contribution in [0.5, 0.6) is 46.0 Å². The number of ether oxygens (including phenoxy) is 8. The van der Waals surface area contributed by atoms with E-state index in [2.05, 4.69) is 85.4 Å². The number of unbranched alkanes of at least 4 members (excludes halogenated alkanes) is 32. The van der Waals surface area contributed by atoms with Gasteiger partial charge in [0, 0.05) is 44.9 Å². The fourth-order valence-corrected chi connectivity index (χ4v) is 13.7. The lowest BCUT2D eigenvalue weighted by atomic mass is 10.1. The van der Waals surface area contributed by atoms with Crippen LogP contribution in [0.2, 0.25) is 0 Å². The molecule has 0 aliphatic rings. The Hall–Kier alpha value is -11.3. The van der Waals surface area contributed by atoms with Crippen molar-refractivity contribution in [1.29, 1.82) is 0 Å². The van der Waals surface area contributed by atoms with E-state index in [1.807, 2.05) is 0 Å². The van der Waals surface area contributed by atoms with Gasteiger partial charge in [-0.15, -0.1) is 0 Å². The van der Waals surface area contributed by atoms with Crippen LogP contribution in [0.1, 0.15) is 345 Å². The Bertz CT molecular complexity index is 4090. The van der Waals surface area contributed by atoms with Gasteiger partial charge in [0.05, 0.1) is 53.3 Å². The molecule has 0 heterocycles. The number of aliphatic imine (C=N–C) groups is 1. The molecule has 0 aliphatic carbocycles. The number of nitrogens with one attached hydrogen (secondary N) is 6. The number of hydrogen-bond acceptors (Lipinski definition) is 23. The molecule has 31 heteroatoms. The van der Waals surface area contributed by atoms with Crippen molar-refractivity contribution in [1.82, 2.24) is 32.3 Å². The maximum absolute atomic E-state index is 14.5. The van der Waals surface area contributed by atoms with E-state index in [-0.39, 0.29) is 90.9 Å². The number of nitrogens with zero attached hydrogens (tertiary/aromatic N) is 5. The van der Waals surface area contributed by atoms with Crippen molar-refractivity contribution in [3.8, 4) is 46.0 Å². The number of carbonyl (C=O) groups is 10. The molecule has 0 aromatic heterocycles. The van der Waals surface area contributed by atoms with Gasteiger partial charge >= 0.3 is 23.9 Å². The summed E-state index contributed by atoms with van der Waals surface area (Å²) in [5.74, 6) is -5.41. The third-order valence-electron chi connectivity index (χ3n) is 21.0. The average molecular weight is 1770 g/mol. The first kappa shape index (κ1) is 108. The van der Waals surface area contributed by atoms with Crippen molar-refractivity contribution in [3.63, 3.8) is 0 Å². The Morgan fingerprint density at radius 2 is 0.535 bits per heavy atom. The molecule has 0 spiro atoms. The van der Waals surface area contributed by atoms with E-state index in [4.69, 9.17) is 49.4 Å². The quantitative estimate of drug-likeness (QED) is 0.00508. The highest BCUT2D eigenvalue weighted by Gasteiger charge is 2.29. The van der Waals surface area contributed by atoms with Gasteiger partial charge in [0.15, 0.2) is 52.0 Å². The van der Waals surface area contributed by atoms with E-state index >= 15 is 0 Å². The zero-order valence-electron chi connectivity index (χ0n) is 76.7. The van der Waals surface area contributed by atoms with Crippen molar-refractivity contribution >= 4 is 90.1 Å². The lowest BCUT2D eigenvalue weighted by Gasteiger charge is -2.20. The summed E-state index contributed by atoms with van der Waals surface area (Å²) in [7, 11) is 5.66. The Labute approximate surface area is 752 Å². The second kappa shape index (κ2) is 68.0. The van der Waals surface area contributed by atoms with Gasteiger partial charge in [0.25, 0.3) is 11.8 Å². The van der Waals surface area contributed by atoms with Gasteiger partial charge in [-0.25, -0.2) is 26.7 Å². The first-order chi connectivity index (χ1) is 61.6. The molecular formula is C96H145N13O18. The Kier molecular flexibility index (Phi) is 57.9. The summed E-state index contributed by atoms with van der Waals surface area (Å²) in [5.41, 5.74) is 23.2. The lowest BCUT2D eigenvalue weighted by molar-refractivity contribution is -0.135. The van der Waals surface area contributed by atoms with Crippen LogP contribution in [0.15, 0.2) is 98.2 Å². The fourth-order valence-electron chi connectivity index (χ4n) is 13.7. The number of guanidine groups is 1. The molecule has 4 aromatic carbocycles. The molecule has 0 saturated heterocycles. The largest absolute Gasteiger partial charge is 0.493 e. The van der Waals surface area contributed by atoms with Gasteiger partial charge in [0.2, 0.25) is 23.6 Å². The van der Waals surface area contributed by atoms with E-state index in [1.165, 1.54) is 200 Å². The number of hydrazone groups is 4. The van der Waals surface area contributed by atoms with Crippen LogP contribution in [-0.4, -0.2) is 137 Å².